The molecule has 0 spiro atoms. The summed E-state index contributed by atoms with van der Waals surface area (Å²) in [7, 11) is -0.466. The second-order valence-corrected chi connectivity index (χ2v) is 7.55. The highest BCUT2D eigenvalue weighted by Crippen LogP contribution is 2.36. The third-order valence-corrected chi connectivity index (χ3v) is 5.16. The number of nitrogens with zero attached hydrogens (tertiary/aromatic N) is 2. The third kappa shape index (κ3) is 3.80. The van der Waals surface area contributed by atoms with Gasteiger partial charge in [-0.05, 0) is 57.4 Å². The molecule has 2 heterocycles. The van der Waals surface area contributed by atoms with Gasteiger partial charge in [0.2, 0.25) is 0 Å². The lowest BCUT2D eigenvalue weighted by molar-refractivity contribution is 0.00578. The lowest BCUT2D eigenvalue weighted by Gasteiger charge is -2.32. The van der Waals surface area contributed by atoms with Gasteiger partial charge in [-0.1, -0.05) is 31.4 Å². The summed E-state index contributed by atoms with van der Waals surface area (Å²) in [4.78, 5) is 8.81. The fourth-order valence-electron chi connectivity index (χ4n) is 2.94. The van der Waals surface area contributed by atoms with Crippen molar-refractivity contribution in [3.8, 4) is 11.3 Å². The minimum absolute atomic E-state index is 0.407. The fraction of sp³-hybridized carbons (Fsp3) is 0.273. The molecule has 1 fully saturated rings. The maximum Gasteiger partial charge on any atom is 0.494 e. The number of pyridine rings is 1. The van der Waals surface area contributed by atoms with E-state index in [1.54, 1.807) is 12.3 Å². The van der Waals surface area contributed by atoms with Gasteiger partial charge >= 0.3 is 7.12 Å². The lowest BCUT2D eigenvalue weighted by atomic mass is 9.77. The molecule has 0 saturated carbocycles. The molecule has 0 atom stereocenters. The van der Waals surface area contributed by atoms with E-state index in [-0.39, 0.29) is 0 Å². The SMILES string of the molecule is C=CN=C(C=C)c1cc(B2OC(C)(C)C(C)(C)O2)cc(-c2ccccn2)c1. The molecule has 5 heteroatoms. The van der Waals surface area contributed by atoms with Gasteiger partial charge in [0.1, 0.15) is 0 Å². The Hall–Kier alpha value is -2.50. The first-order valence-corrected chi connectivity index (χ1v) is 9.01. The van der Waals surface area contributed by atoms with Crippen molar-refractivity contribution in [2.45, 2.75) is 38.9 Å². The van der Waals surface area contributed by atoms with Gasteiger partial charge in [-0.3, -0.25) is 9.98 Å². The van der Waals surface area contributed by atoms with E-state index in [0.29, 0.717) is 0 Å². The summed E-state index contributed by atoms with van der Waals surface area (Å²) in [6.45, 7) is 15.8. The van der Waals surface area contributed by atoms with Crippen LogP contribution < -0.4 is 5.46 Å². The Labute approximate surface area is 161 Å². The molecule has 4 nitrogen and oxygen atoms in total. The van der Waals surface area contributed by atoms with E-state index in [9.17, 15) is 0 Å². The molecule has 1 aromatic heterocycles. The van der Waals surface area contributed by atoms with Crippen LogP contribution in [-0.2, 0) is 9.31 Å². The molecule has 0 bridgehead atoms. The van der Waals surface area contributed by atoms with Crippen LogP contribution in [-0.4, -0.2) is 29.0 Å². The zero-order valence-electron chi connectivity index (χ0n) is 16.4. The number of aliphatic imine (C=N–C) groups is 1. The summed E-state index contributed by atoms with van der Waals surface area (Å²) in [5, 5.41) is 0. The van der Waals surface area contributed by atoms with E-state index < -0.39 is 18.3 Å². The summed E-state index contributed by atoms with van der Waals surface area (Å²) >= 11 is 0. The molecule has 0 radical (unpaired) electrons. The van der Waals surface area contributed by atoms with Crippen molar-refractivity contribution in [3.63, 3.8) is 0 Å². The van der Waals surface area contributed by atoms with Crippen LogP contribution in [0.4, 0.5) is 0 Å². The highest BCUT2D eigenvalue weighted by molar-refractivity contribution is 6.62. The first-order chi connectivity index (χ1) is 12.8. The number of allylic oxidation sites excluding steroid dienone is 1. The number of benzene rings is 1. The molecule has 2 aromatic rings. The predicted molar refractivity (Wildman–Crippen MR) is 112 cm³/mol. The normalized spacial score (nSPS) is 18.4. The maximum atomic E-state index is 6.24. The van der Waals surface area contributed by atoms with Crippen LogP contribution >= 0.6 is 0 Å². The van der Waals surface area contributed by atoms with Crippen LogP contribution in [0, 0.1) is 0 Å². The fourth-order valence-corrected chi connectivity index (χ4v) is 2.94. The smallest absolute Gasteiger partial charge is 0.399 e. The molecule has 0 unspecified atom stereocenters. The van der Waals surface area contributed by atoms with E-state index >= 15 is 0 Å². The van der Waals surface area contributed by atoms with Crippen LogP contribution in [0.5, 0.6) is 0 Å². The summed E-state index contributed by atoms with van der Waals surface area (Å²) in [5.74, 6) is 0. The lowest BCUT2D eigenvalue weighted by Crippen LogP contribution is -2.41. The summed E-state index contributed by atoms with van der Waals surface area (Å²) in [6, 6.07) is 12.0. The molecule has 138 valence electrons. The third-order valence-electron chi connectivity index (χ3n) is 5.16. The molecule has 0 N–H and O–H groups in total. The quantitative estimate of drug-likeness (QED) is 0.594. The van der Waals surface area contributed by atoms with Crippen LogP contribution in [0.15, 0.2) is 73.0 Å². The predicted octanol–water partition coefficient (Wildman–Crippen LogP) is 4.17. The second-order valence-electron chi connectivity index (χ2n) is 7.55. The van der Waals surface area contributed by atoms with Crippen molar-refractivity contribution in [2.24, 2.45) is 4.99 Å². The molecule has 3 rings (SSSR count). The van der Waals surface area contributed by atoms with Gasteiger partial charge in [0.15, 0.2) is 0 Å². The zero-order chi connectivity index (χ0) is 19.7. The second kappa shape index (κ2) is 7.26. The largest absolute Gasteiger partial charge is 0.494 e. The van der Waals surface area contributed by atoms with Gasteiger partial charge in [-0.15, -0.1) is 0 Å². The first kappa shape index (κ1) is 19.3. The van der Waals surface area contributed by atoms with Crippen LogP contribution in [0.2, 0.25) is 0 Å². The molecule has 27 heavy (non-hydrogen) atoms. The first-order valence-electron chi connectivity index (χ1n) is 9.01. The number of aromatic nitrogens is 1. The molecule has 1 saturated heterocycles. The molecule has 0 aliphatic carbocycles. The Kier molecular flexibility index (Phi) is 5.18. The highest BCUT2D eigenvalue weighted by Gasteiger charge is 2.51. The van der Waals surface area contributed by atoms with E-state index in [4.69, 9.17) is 9.31 Å². The summed E-state index contributed by atoms with van der Waals surface area (Å²) < 4.78 is 12.5. The number of rotatable bonds is 5. The molecular weight excluding hydrogens is 335 g/mol. The van der Waals surface area contributed by atoms with Crippen molar-refractivity contribution in [1.82, 2.24) is 4.98 Å². The van der Waals surface area contributed by atoms with Crippen molar-refractivity contribution in [3.05, 3.63) is 73.6 Å². The topological polar surface area (TPSA) is 43.7 Å². The Balaban J connectivity index is 2.13. The Morgan fingerprint density at radius 3 is 2.33 bits per heavy atom. The molecule has 1 aromatic carbocycles. The van der Waals surface area contributed by atoms with Crippen molar-refractivity contribution in [2.75, 3.05) is 0 Å². The summed E-state index contributed by atoms with van der Waals surface area (Å²) in [5.41, 5.74) is 3.60. The van der Waals surface area contributed by atoms with Crippen LogP contribution in [0.3, 0.4) is 0 Å². The van der Waals surface area contributed by atoms with E-state index in [0.717, 1.165) is 28.0 Å². The van der Waals surface area contributed by atoms with E-state index in [2.05, 4.69) is 29.2 Å². The highest BCUT2D eigenvalue weighted by atomic mass is 16.7. The number of hydrogen-bond acceptors (Lipinski definition) is 4. The number of hydrogen-bond donors (Lipinski definition) is 0. The van der Waals surface area contributed by atoms with Crippen LogP contribution in [0.1, 0.15) is 33.3 Å². The van der Waals surface area contributed by atoms with Crippen molar-refractivity contribution >= 4 is 18.3 Å². The Bertz CT molecular complexity index is 872. The molecular formula is C22H25BN2O2. The maximum absolute atomic E-state index is 6.24. The van der Waals surface area contributed by atoms with E-state index in [1.807, 2.05) is 58.0 Å². The summed E-state index contributed by atoms with van der Waals surface area (Å²) in [6.07, 6.45) is 5.01. The van der Waals surface area contributed by atoms with Crippen molar-refractivity contribution < 1.29 is 9.31 Å². The molecule has 1 aliphatic heterocycles. The average molecular weight is 360 g/mol. The zero-order valence-corrected chi connectivity index (χ0v) is 16.4. The van der Waals surface area contributed by atoms with Crippen LogP contribution in [0.25, 0.3) is 11.3 Å². The monoisotopic (exact) mass is 360 g/mol. The molecule has 1 aliphatic rings. The van der Waals surface area contributed by atoms with Gasteiger partial charge in [0.25, 0.3) is 0 Å². The standard InChI is InChI=1S/C22H25BN2O2/c1-7-19(24-8-2)16-13-17(20-11-9-10-12-25-20)15-18(14-16)23-26-21(3,4)22(5,6)27-23/h7-15H,1-2H2,3-6H3. The Morgan fingerprint density at radius 1 is 1.07 bits per heavy atom. The van der Waals surface area contributed by atoms with Gasteiger partial charge < -0.3 is 9.31 Å². The van der Waals surface area contributed by atoms with Crippen molar-refractivity contribution in [1.29, 1.82) is 0 Å². The Morgan fingerprint density at radius 2 is 1.78 bits per heavy atom. The van der Waals surface area contributed by atoms with E-state index in [1.165, 1.54) is 6.20 Å². The van der Waals surface area contributed by atoms with Gasteiger partial charge in [0.05, 0.1) is 22.6 Å². The van der Waals surface area contributed by atoms with Gasteiger partial charge in [-0.25, -0.2) is 0 Å². The van der Waals surface area contributed by atoms with Gasteiger partial charge in [-0.2, -0.15) is 0 Å². The minimum Gasteiger partial charge on any atom is -0.399 e. The average Bonchev–Trinajstić information content (AvgIpc) is 2.87. The molecule has 0 amide bonds. The van der Waals surface area contributed by atoms with Gasteiger partial charge in [0, 0.05) is 23.5 Å². The minimum atomic E-state index is -0.466.